The molecule has 0 fully saturated rings. The molecular weight excluding hydrogens is 210 g/mol. The van der Waals surface area contributed by atoms with Crippen molar-refractivity contribution in [2.45, 2.75) is 39.7 Å². The number of amides is 1. The number of alkyl carbamates (subject to hydrolysis) is 1. The maximum Gasteiger partial charge on any atom is 0.412 e. The first kappa shape index (κ1) is 14.5. The average Bonchev–Trinajstić information content (AvgIpc) is 2.13. The fraction of sp³-hybridized carbons (Fsp3) is 0.636. The van der Waals surface area contributed by atoms with Gasteiger partial charge in [0.15, 0.2) is 0 Å². The maximum atomic E-state index is 11.4. The van der Waals surface area contributed by atoms with E-state index in [9.17, 15) is 9.59 Å². The normalized spacial score (nSPS) is 11.9. The van der Waals surface area contributed by atoms with Gasteiger partial charge >= 0.3 is 12.1 Å². The van der Waals surface area contributed by atoms with Gasteiger partial charge < -0.3 is 9.47 Å². The lowest BCUT2D eigenvalue weighted by Gasteiger charge is -2.20. The predicted molar refractivity (Wildman–Crippen MR) is 59.8 cm³/mol. The highest BCUT2D eigenvalue weighted by atomic mass is 16.6. The van der Waals surface area contributed by atoms with Gasteiger partial charge in [0.1, 0.15) is 11.3 Å². The molecule has 5 nitrogen and oxygen atoms in total. The van der Waals surface area contributed by atoms with Crippen molar-refractivity contribution in [2.75, 3.05) is 7.11 Å². The van der Waals surface area contributed by atoms with Gasteiger partial charge in [-0.3, -0.25) is 5.32 Å². The fourth-order valence-corrected chi connectivity index (χ4v) is 0.913. The van der Waals surface area contributed by atoms with Gasteiger partial charge in [0.05, 0.1) is 7.11 Å². The van der Waals surface area contributed by atoms with Crippen molar-refractivity contribution >= 4 is 12.1 Å². The van der Waals surface area contributed by atoms with Crippen LogP contribution in [0.5, 0.6) is 0 Å². The lowest BCUT2D eigenvalue weighted by molar-refractivity contribution is -0.136. The number of allylic oxidation sites excluding steroid dienone is 1. The van der Waals surface area contributed by atoms with Crippen molar-refractivity contribution < 1.29 is 19.1 Å². The predicted octanol–water partition coefficient (Wildman–Crippen LogP) is 1.98. The van der Waals surface area contributed by atoms with Crippen molar-refractivity contribution in [2.24, 2.45) is 0 Å². The molecule has 0 saturated carbocycles. The minimum Gasteiger partial charge on any atom is -0.464 e. The zero-order valence-corrected chi connectivity index (χ0v) is 10.4. The maximum absolute atomic E-state index is 11.4. The summed E-state index contributed by atoms with van der Waals surface area (Å²) in [6.45, 7) is 7.08. The third-order valence-corrected chi connectivity index (χ3v) is 1.45. The highest BCUT2D eigenvalue weighted by molar-refractivity contribution is 5.92. The van der Waals surface area contributed by atoms with Crippen LogP contribution in [0.15, 0.2) is 11.8 Å². The SMILES string of the molecule is CCC=C(NC(=O)OC(C)(C)C)C(=O)OC. The summed E-state index contributed by atoms with van der Waals surface area (Å²) in [5, 5.41) is 2.35. The molecule has 1 amide bonds. The number of nitrogens with one attached hydrogen (secondary N) is 1. The van der Waals surface area contributed by atoms with Gasteiger partial charge in [-0.15, -0.1) is 0 Å². The van der Waals surface area contributed by atoms with Crippen LogP contribution in [-0.2, 0) is 14.3 Å². The number of carbonyl (C=O) groups excluding carboxylic acids is 2. The van der Waals surface area contributed by atoms with Crippen LogP contribution in [0, 0.1) is 0 Å². The van der Waals surface area contributed by atoms with Crippen LogP contribution in [0.2, 0.25) is 0 Å². The van der Waals surface area contributed by atoms with Gasteiger partial charge in [0, 0.05) is 0 Å². The highest BCUT2D eigenvalue weighted by Crippen LogP contribution is 2.07. The molecule has 0 aromatic carbocycles. The number of esters is 1. The monoisotopic (exact) mass is 229 g/mol. The van der Waals surface area contributed by atoms with E-state index in [1.807, 2.05) is 6.92 Å². The van der Waals surface area contributed by atoms with Crippen LogP contribution in [0.4, 0.5) is 4.79 Å². The molecular formula is C11H19NO4. The van der Waals surface area contributed by atoms with E-state index in [1.54, 1.807) is 26.8 Å². The standard InChI is InChI=1S/C11H19NO4/c1-6-7-8(9(13)15-5)12-10(14)16-11(2,3)4/h7H,6H2,1-5H3,(H,12,14). The van der Waals surface area contributed by atoms with Crippen molar-refractivity contribution in [1.82, 2.24) is 5.32 Å². The van der Waals surface area contributed by atoms with Gasteiger partial charge in [-0.25, -0.2) is 9.59 Å². The minimum absolute atomic E-state index is 0.0965. The smallest absolute Gasteiger partial charge is 0.412 e. The molecule has 92 valence electrons. The van der Waals surface area contributed by atoms with E-state index in [0.717, 1.165) is 0 Å². The topological polar surface area (TPSA) is 64.6 Å². The molecule has 0 aliphatic carbocycles. The molecule has 5 heteroatoms. The largest absolute Gasteiger partial charge is 0.464 e. The minimum atomic E-state index is -0.669. The van der Waals surface area contributed by atoms with Gasteiger partial charge in [-0.2, -0.15) is 0 Å². The van der Waals surface area contributed by atoms with Crippen LogP contribution in [-0.4, -0.2) is 24.8 Å². The Morgan fingerprint density at radius 2 is 1.88 bits per heavy atom. The molecule has 16 heavy (non-hydrogen) atoms. The third-order valence-electron chi connectivity index (χ3n) is 1.45. The number of rotatable bonds is 3. The number of ether oxygens (including phenoxy) is 2. The molecule has 0 aliphatic rings. The number of hydrogen-bond donors (Lipinski definition) is 1. The molecule has 0 bridgehead atoms. The summed E-state index contributed by atoms with van der Waals surface area (Å²) < 4.78 is 9.53. The average molecular weight is 229 g/mol. The van der Waals surface area contributed by atoms with E-state index in [1.165, 1.54) is 7.11 Å². The summed E-state index contributed by atoms with van der Waals surface area (Å²) in [5.74, 6) is -0.590. The summed E-state index contributed by atoms with van der Waals surface area (Å²) >= 11 is 0. The van der Waals surface area contributed by atoms with Crippen LogP contribution < -0.4 is 5.32 Å². The Morgan fingerprint density at radius 3 is 2.25 bits per heavy atom. The fourth-order valence-electron chi connectivity index (χ4n) is 0.913. The zero-order chi connectivity index (χ0) is 12.8. The molecule has 0 atom stereocenters. The summed E-state index contributed by atoms with van der Waals surface area (Å²) in [4.78, 5) is 22.6. The number of methoxy groups -OCH3 is 1. The molecule has 0 rings (SSSR count). The van der Waals surface area contributed by atoms with Crippen molar-refractivity contribution in [3.8, 4) is 0 Å². The second-order valence-corrected chi connectivity index (χ2v) is 4.14. The Bertz CT molecular complexity index is 289. The second kappa shape index (κ2) is 6.15. The van der Waals surface area contributed by atoms with Crippen molar-refractivity contribution in [3.63, 3.8) is 0 Å². The third kappa shape index (κ3) is 6.06. The van der Waals surface area contributed by atoms with Crippen LogP contribution in [0.25, 0.3) is 0 Å². The summed E-state index contributed by atoms with van der Waals surface area (Å²) in [6, 6.07) is 0. The Morgan fingerprint density at radius 1 is 1.31 bits per heavy atom. The Balaban J connectivity index is 4.48. The van der Waals surface area contributed by atoms with E-state index in [4.69, 9.17) is 4.74 Å². The molecule has 0 aromatic rings. The summed E-state index contributed by atoms with van der Waals surface area (Å²) in [5.41, 5.74) is -0.503. The van der Waals surface area contributed by atoms with Crippen LogP contribution in [0.3, 0.4) is 0 Å². The first-order valence-corrected chi connectivity index (χ1v) is 5.08. The molecule has 0 aliphatic heterocycles. The molecule has 1 N–H and O–H groups in total. The van der Waals surface area contributed by atoms with E-state index in [0.29, 0.717) is 6.42 Å². The molecule has 0 spiro atoms. The van der Waals surface area contributed by atoms with Crippen molar-refractivity contribution in [3.05, 3.63) is 11.8 Å². The molecule has 0 unspecified atom stereocenters. The van der Waals surface area contributed by atoms with Gasteiger partial charge in [-0.1, -0.05) is 13.0 Å². The number of hydrogen-bond acceptors (Lipinski definition) is 4. The molecule has 0 heterocycles. The summed E-state index contributed by atoms with van der Waals surface area (Å²) in [7, 11) is 1.25. The Labute approximate surface area is 95.8 Å². The summed E-state index contributed by atoms with van der Waals surface area (Å²) in [6.07, 6.45) is 1.51. The van der Waals surface area contributed by atoms with E-state index < -0.39 is 17.7 Å². The van der Waals surface area contributed by atoms with Crippen LogP contribution in [0.1, 0.15) is 34.1 Å². The van der Waals surface area contributed by atoms with Crippen molar-refractivity contribution in [1.29, 1.82) is 0 Å². The van der Waals surface area contributed by atoms with E-state index in [2.05, 4.69) is 10.1 Å². The number of carbonyl (C=O) groups is 2. The lowest BCUT2D eigenvalue weighted by Crippen LogP contribution is -2.34. The zero-order valence-electron chi connectivity index (χ0n) is 10.4. The van der Waals surface area contributed by atoms with Gasteiger partial charge in [0.25, 0.3) is 0 Å². The van der Waals surface area contributed by atoms with E-state index in [-0.39, 0.29) is 5.70 Å². The first-order chi connectivity index (χ1) is 7.30. The van der Waals surface area contributed by atoms with Crippen LogP contribution >= 0.6 is 0 Å². The van der Waals surface area contributed by atoms with Gasteiger partial charge in [-0.05, 0) is 27.2 Å². The second-order valence-electron chi connectivity index (χ2n) is 4.14. The molecule has 0 aromatic heterocycles. The molecule has 0 saturated heterocycles. The lowest BCUT2D eigenvalue weighted by atomic mass is 10.2. The quantitative estimate of drug-likeness (QED) is 0.593. The van der Waals surface area contributed by atoms with E-state index >= 15 is 0 Å². The molecule has 0 radical (unpaired) electrons. The first-order valence-electron chi connectivity index (χ1n) is 5.08. The highest BCUT2D eigenvalue weighted by Gasteiger charge is 2.19. The van der Waals surface area contributed by atoms with Gasteiger partial charge in [0.2, 0.25) is 0 Å². The Hall–Kier alpha value is -1.52. The Kier molecular flexibility index (Phi) is 5.56.